The van der Waals surface area contributed by atoms with Crippen LogP contribution in [0, 0.1) is 0 Å². The van der Waals surface area contributed by atoms with Crippen LogP contribution >= 0.6 is 0 Å². The van der Waals surface area contributed by atoms with Crippen molar-refractivity contribution in [2.24, 2.45) is 0 Å². The van der Waals surface area contributed by atoms with E-state index in [-0.39, 0.29) is 6.10 Å². The highest BCUT2D eigenvalue weighted by Gasteiger charge is 2.22. The van der Waals surface area contributed by atoms with Gasteiger partial charge in [-0.15, -0.1) is 0 Å². The summed E-state index contributed by atoms with van der Waals surface area (Å²) in [4.78, 5) is 0. The summed E-state index contributed by atoms with van der Waals surface area (Å²) in [7, 11) is 0. The highest BCUT2D eigenvalue weighted by molar-refractivity contribution is 5.19. The molecule has 1 aliphatic heterocycles. The second kappa shape index (κ2) is 3.90. The first-order valence-corrected chi connectivity index (χ1v) is 4.78. The minimum atomic E-state index is 0.218. The molecular weight excluding hydrogens is 162 g/mol. The van der Waals surface area contributed by atoms with Gasteiger partial charge in [0.2, 0.25) is 0 Å². The SMILES string of the molecule is CC1NCCOC1c1ccccc1. The fourth-order valence-corrected chi connectivity index (χ4v) is 1.75. The molecule has 0 amide bonds. The number of morpholine rings is 1. The molecule has 1 aromatic carbocycles. The lowest BCUT2D eigenvalue weighted by atomic mass is 10.0. The van der Waals surface area contributed by atoms with Crippen LogP contribution in [0.25, 0.3) is 0 Å². The Morgan fingerprint density at radius 2 is 2.08 bits per heavy atom. The zero-order valence-electron chi connectivity index (χ0n) is 7.86. The first-order valence-electron chi connectivity index (χ1n) is 4.78. The van der Waals surface area contributed by atoms with Gasteiger partial charge in [-0.25, -0.2) is 0 Å². The topological polar surface area (TPSA) is 21.3 Å². The van der Waals surface area contributed by atoms with Crippen molar-refractivity contribution in [3.63, 3.8) is 0 Å². The zero-order valence-corrected chi connectivity index (χ0v) is 7.86. The predicted molar refractivity (Wildman–Crippen MR) is 52.6 cm³/mol. The van der Waals surface area contributed by atoms with Gasteiger partial charge < -0.3 is 10.1 Å². The minimum absolute atomic E-state index is 0.218. The molecular formula is C11H15NO. The number of nitrogens with one attached hydrogen (secondary N) is 1. The molecule has 1 saturated heterocycles. The van der Waals surface area contributed by atoms with E-state index in [2.05, 4.69) is 36.5 Å². The first kappa shape index (κ1) is 8.73. The molecule has 0 aromatic heterocycles. The number of hydrogen-bond donors (Lipinski definition) is 1. The molecule has 0 aliphatic carbocycles. The highest BCUT2D eigenvalue weighted by Crippen LogP contribution is 2.22. The quantitative estimate of drug-likeness (QED) is 0.705. The summed E-state index contributed by atoms with van der Waals surface area (Å²) < 4.78 is 5.71. The molecule has 0 saturated carbocycles. The summed E-state index contributed by atoms with van der Waals surface area (Å²) in [5.41, 5.74) is 1.27. The Bertz CT molecular complexity index is 260. The highest BCUT2D eigenvalue weighted by atomic mass is 16.5. The van der Waals surface area contributed by atoms with E-state index < -0.39 is 0 Å². The molecule has 2 atom stereocenters. The molecule has 2 rings (SSSR count). The van der Waals surface area contributed by atoms with E-state index in [4.69, 9.17) is 4.74 Å². The van der Waals surface area contributed by atoms with E-state index in [1.165, 1.54) is 5.56 Å². The van der Waals surface area contributed by atoms with Crippen LogP contribution in [0.1, 0.15) is 18.6 Å². The van der Waals surface area contributed by atoms with Crippen molar-refractivity contribution in [1.82, 2.24) is 5.32 Å². The van der Waals surface area contributed by atoms with Gasteiger partial charge in [0.25, 0.3) is 0 Å². The van der Waals surface area contributed by atoms with Crippen molar-refractivity contribution in [1.29, 1.82) is 0 Å². The van der Waals surface area contributed by atoms with E-state index in [0.717, 1.165) is 13.2 Å². The maximum atomic E-state index is 5.71. The maximum absolute atomic E-state index is 5.71. The van der Waals surface area contributed by atoms with Gasteiger partial charge in [-0.1, -0.05) is 30.3 Å². The molecule has 1 N–H and O–H groups in total. The summed E-state index contributed by atoms with van der Waals surface area (Å²) in [5.74, 6) is 0. The molecule has 13 heavy (non-hydrogen) atoms. The Kier molecular flexibility index (Phi) is 2.62. The number of rotatable bonds is 1. The second-order valence-electron chi connectivity index (χ2n) is 3.44. The zero-order chi connectivity index (χ0) is 9.10. The lowest BCUT2D eigenvalue weighted by molar-refractivity contribution is -0.000221. The van der Waals surface area contributed by atoms with E-state index in [1.54, 1.807) is 0 Å². The minimum Gasteiger partial charge on any atom is -0.371 e. The predicted octanol–water partition coefficient (Wildman–Crippen LogP) is 1.74. The Labute approximate surface area is 78.9 Å². The van der Waals surface area contributed by atoms with E-state index in [0.29, 0.717) is 6.04 Å². The molecule has 2 unspecified atom stereocenters. The third-order valence-corrected chi connectivity index (χ3v) is 2.45. The maximum Gasteiger partial charge on any atom is 0.0975 e. The van der Waals surface area contributed by atoms with Gasteiger partial charge in [-0.3, -0.25) is 0 Å². The van der Waals surface area contributed by atoms with Crippen LogP contribution < -0.4 is 5.32 Å². The smallest absolute Gasteiger partial charge is 0.0975 e. The number of ether oxygens (including phenoxy) is 1. The average Bonchev–Trinajstić information content (AvgIpc) is 2.20. The van der Waals surface area contributed by atoms with E-state index in [9.17, 15) is 0 Å². The lowest BCUT2D eigenvalue weighted by Gasteiger charge is -2.30. The van der Waals surface area contributed by atoms with Gasteiger partial charge in [0.05, 0.1) is 12.7 Å². The molecule has 1 heterocycles. The van der Waals surface area contributed by atoms with Crippen molar-refractivity contribution in [3.05, 3.63) is 35.9 Å². The molecule has 0 spiro atoms. The van der Waals surface area contributed by atoms with Crippen molar-refractivity contribution in [3.8, 4) is 0 Å². The van der Waals surface area contributed by atoms with Crippen LogP contribution in [-0.4, -0.2) is 19.2 Å². The largest absolute Gasteiger partial charge is 0.371 e. The van der Waals surface area contributed by atoms with Crippen LogP contribution in [0.15, 0.2) is 30.3 Å². The third-order valence-electron chi connectivity index (χ3n) is 2.45. The normalized spacial score (nSPS) is 28.7. The van der Waals surface area contributed by atoms with Gasteiger partial charge in [0.1, 0.15) is 0 Å². The van der Waals surface area contributed by atoms with Gasteiger partial charge in [-0.2, -0.15) is 0 Å². The van der Waals surface area contributed by atoms with Crippen LogP contribution in [0.5, 0.6) is 0 Å². The summed E-state index contributed by atoms with van der Waals surface area (Å²) in [5, 5.41) is 3.41. The fourth-order valence-electron chi connectivity index (χ4n) is 1.75. The van der Waals surface area contributed by atoms with Gasteiger partial charge in [-0.05, 0) is 12.5 Å². The fraction of sp³-hybridized carbons (Fsp3) is 0.455. The summed E-state index contributed by atoms with van der Waals surface area (Å²) in [6.45, 7) is 3.94. The summed E-state index contributed by atoms with van der Waals surface area (Å²) >= 11 is 0. The van der Waals surface area contributed by atoms with Crippen molar-refractivity contribution in [2.75, 3.05) is 13.2 Å². The van der Waals surface area contributed by atoms with Crippen LogP contribution in [0.2, 0.25) is 0 Å². The third kappa shape index (κ3) is 1.90. The molecule has 0 bridgehead atoms. The average molecular weight is 177 g/mol. The van der Waals surface area contributed by atoms with E-state index >= 15 is 0 Å². The second-order valence-corrected chi connectivity index (χ2v) is 3.44. The van der Waals surface area contributed by atoms with Crippen molar-refractivity contribution < 1.29 is 4.74 Å². The Morgan fingerprint density at radius 3 is 2.77 bits per heavy atom. The standard InChI is InChI=1S/C11H15NO/c1-9-11(13-8-7-12-9)10-5-3-2-4-6-10/h2-6,9,11-12H,7-8H2,1H3. The molecule has 0 radical (unpaired) electrons. The van der Waals surface area contributed by atoms with Gasteiger partial charge >= 0.3 is 0 Å². The molecule has 1 fully saturated rings. The van der Waals surface area contributed by atoms with E-state index in [1.807, 2.05) is 6.07 Å². The summed E-state index contributed by atoms with van der Waals surface area (Å²) in [6.07, 6.45) is 0.218. The van der Waals surface area contributed by atoms with Crippen LogP contribution in [0.3, 0.4) is 0 Å². The lowest BCUT2D eigenvalue weighted by Crippen LogP contribution is -2.41. The van der Waals surface area contributed by atoms with Crippen molar-refractivity contribution in [2.45, 2.75) is 19.1 Å². The first-order chi connectivity index (χ1) is 6.38. The van der Waals surface area contributed by atoms with Crippen LogP contribution in [0.4, 0.5) is 0 Å². The molecule has 2 nitrogen and oxygen atoms in total. The van der Waals surface area contributed by atoms with Crippen LogP contribution in [-0.2, 0) is 4.74 Å². The molecule has 2 heteroatoms. The Morgan fingerprint density at radius 1 is 1.31 bits per heavy atom. The summed E-state index contributed by atoms with van der Waals surface area (Å²) in [6, 6.07) is 10.8. The molecule has 1 aromatic rings. The van der Waals surface area contributed by atoms with Crippen molar-refractivity contribution >= 4 is 0 Å². The number of benzene rings is 1. The Hall–Kier alpha value is -0.860. The molecule has 1 aliphatic rings. The van der Waals surface area contributed by atoms with Gasteiger partial charge in [0, 0.05) is 12.6 Å². The number of hydrogen-bond acceptors (Lipinski definition) is 2. The van der Waals surface area contributed by atoms with Gasteiger partial charge in [0.15, 0.2) is 0 Å². The molecule has 70 valence electrons. The monoisotopic (exact) mass is 177 g/mol. The Balaban J connectivity index is 2.15.